The highest BCUT2D eigenvalue weighted by atomic mass is 16.2. The van der Waals surface area contributed by atoms with Gasteiger partial charge in [-0.1, -0.05) is 19.8 Å². The van der Waals surface area contributed by atoms with Crippen LogP contribution in [0.4, 0.5) is 0 Å². The number of carbonyl (C=O) groups excluding carboxylic acids is 1. The van der Waals surface area contributed by atoms with Crippen molar-refractivity contribution in [2.45, 2.75) is 57.4 Å². The predicted molar refractivity (Wildman–Crippen MR) is 65.0 cm³/mol. The summed E-state index contributed by atoms with van der Waals surface area (Å²) in [5.41, 5.74) is 5.71. The van der Waals surface area contributed by atoms with Gasteiger partial charge in [-0.2, -0.15) is 0 Å². The van der Waals surface area contributed by atoms with Crippen molar-refractivity contribution in [3.63, 3.8) is 0 Å². The Kier molecular flexibility index (Phi) is 3.53. The molecule has 1 heterocycles. The van der Waals surface area contributed by atoms with Crippen molar-refractivity contribution in [1.29, 1.82) is 0 Å². The number of rotatable bonds is 1. The third-order valence-electron chi connectivity index (χ3n) is 4.23. The van der Waals surface area contributed by atoms with E-state index in [1.807, 2.05) is 4.90 Å². The Morgan fingerprint density at radius 1 is 1.19 bits per heavy atom. The van der Waals surface area contributed by atoms with Crippen LogP contribution in [-0.2, 0) is 4.79 Å². The fourth-order valence-electron chi connectivity index (χ4n) is 3.00. The van der Waals surface area contributed by atoms with E-state index in [0.717, 1.165) is 57.5 Å². The minimum atomic E-state index is -0.520. The largest absolute Gasteiger partial charge is 0.341 e. The van der Waals surface area contributed by atoms with Gasteiger partial charge >= 0.3 is 0 Å². The molecule has 0 bridgehead atoms. The molecule has 1 saturated carbocycles. The highest BCUT2D eigenvalue weighted by molar-refractivity contribution is 5.86. The molecule has 1 amide bonds. The lowest BCUT2D eigenvalue weighted by Gasteiger charge is -2.30. The summed E-state index contributed by atoms with van der Waals surface area (Å²) in [5.74, 6) is 0.981. The molecule has 2 rings (SSSR count). The molecule has 0 spiro atoms. The molecular formula is C13H24N2O. The van der Waals surface area contributed by atoms with E-state index in [1.54, 1.807) is 0 Å². The molecule has 2 aliphatic rings. The Bertz CT molecular complexity index is 259. The summed E-state index contributed by atoms with van der Waals surface area (Å²) in [6.07, 6.45) is 7.54. The number of amides is 1. The minimum absolute atomic E-state index is 0.221. The van der Waals surface area contributed by atoms with Gasteiger partial charge in [0.2, 0.25) is 5.91 Å². The first kappa shape index (κ1) is 11.9. The molecule has 0 aromatic rings. The Balaban J connectivity index is 1.98. The van der Waals surface area contributed by atoms with E-state index in [-0.39, 0.29) is 5.91 Å². The first-order valence-electron chi connectivity index (χ1n) is 6.70. The zero-order valence-electron chi connectivity index (χ0n) is 10.4. The van der Waals surface area contributed by atoms with E-state index >= 15 is 0 Å². The van der Waals surface area contributed by atoms with Gasteiger partial charge in [0.15, 0.2) is 0 Å². The van der Waals surface area contributed by atoms with E-state index in [4.69, 9.17) is 5.73 Å². The molecule has 16 heavy (non-hydrogen) atoms. The van der Waals surface area contributed by atoms with E-state index in [2.05, 4.69) is 6.92 Å². The molecule has 0 radical (unpaired) electrons. The Labute approximate surface area is 98.4 Å². The fraction of sp³-hybridized carbons (Fsp3) is 0.923. The third-order valence-corrected chi connectivity index (χ3v) is 4.23. The predicted octanol–water partition coefficient (Wildman–Crippen LogP) is 1.91. The van der Waals surface area contributed by atoms with Gasteiger partial charge in [-0.05, 0) is 38.0 Å². The Morgan fingerprint density at radius 3 is 2.56 bits per heavy atom. The van der Waals surface area contributed by atoms with Crippen molar-refractivity contribution in [2.75, 3.05) is 13.1 Å². The SMILES string of the molecule is CC1CCCN(C(=O)C2(N)CCCC2)CC1. The van der Waals surface area contributed by atoms with Gasteiger partial charge in [-0.15, -0.1) is 0 Å². The van der Waals surface area contributed by atoms with Gasteiger partial charge in [0.05, 0.1) is 5.54 Å². The van der Waals surface area contributed by atoms with Gasteiger partial charge in [-0.3, -0.25) is 4.79 Å². The zero-order chi connectivity index (χ0) is 11.6. The van der Waals surface area contributed by atoms with Crippen molar-refractivity contribution >= 4 is 5.91 Å². The molecule has 3 heteroatoms. The molecule has 3 nitrogen and oxygen atoms in total. The Morgan fingerprint density at radius 2 is 1.88 bits per heavy atom. The first-order chi connectivity index (χ1) is 7.62. The summed E-state index contributed by atoms with van der Waals surface area (Å²) in [4.78, 5) is 14.4. The summed E-state index contributed by atoms with van der Waals surface area (Å²) in [6.45, 7) is 4.11. The number of carbonyl (C=O) groups is 1. The van der Waals surface area contributed by atoms with E-state index in [0.29, 0.717) is 0 Å². The van der Waals surface area contributed by atoms with Crippen LogP contribution in [0, 0.1) is 5.92 Å². The van der Waals surface area contributed by atoms with Gasteiger partial charge in [0, 0.05) is 13.1 Å². The lowest BCUT2D eigenvalue weighted by molar-refractivity contribution is -0.136. The second-order valence-corrected chi connectivity index (χ2v) is 5.69. The third kappa shape index (κ3) is 2.40. The molecular weight excluding hydrogens is 200 g/mol. The first-order valence-corrected chi connectivity index (χ1v) is 6.70. The topological polar surface area (TPSA) is 46.3 Å². The van der Waals surface area contributed by atoms with Crippen molar-refractivity contribution < 1.29 is 4.79 Å². The van der Waals surface area contributed by atoms with Crippen LogP contribution >= 0.6 is 0 Å². The highest BCUT2D eigenvalue weighted by Gasteiger charge is 2.39. The smallest absolute Gasteiger partial charge is 0.242 e. The van der Waals surface area contributed by atoms with Gasteiger partial charge in [-0.25, -0.2) is 0 Å². The molecule has 92 valence electrons. The highest BCUT2D eigenvalue weighted by Crippen LogP contribution is 2.30. The van der Waals surface area contributed by atoms with Crippen molar-refractivity contribution in [2.24, 2.45) is 11.7 Å². The molecule has 2 fully saturated rings. The van der Waals surface area contributed by atoms with E-state index in [9.17, 15) is 4.79 Å². The second-order valence-electron chi connectivity index (χ2n) is 5.69. The number of nitrogens with zero attached hydrogens (tertiary/aromatic N) is 1. The van der Waals surface area contributed by atoms with Crippen molar-refractivity contribution in [1.82, 2.24) is 4.90 Å². The number of likely N-dealkylation sites (tertiary alicyclic amines) is 1. The Hall–Kier alpha value is -0.570. The number of hydrogen-bond acceptors (Lipinski definition) is 2. The number of nitrogens with two attached hydrogens (primary N) is 1. The monoisotopic (exact) mass is 224 g/mol. The van der Waals surface area contributed by atoms with Gasteiger partial charge in [0.25, 0.3) is 0 Å². The van der Waals surface area contributed by atoms with Crippen LogP contribution in [0.25, 0.3) is 0 Å². The molecule has 0 aromatic heterocycles. The summed E-state index contributed by atoms with van der Waals surface area (Å²) in [7, 11) is 0. The quantitative estimate of drug-likeness (QED) is 0.739. The van der Waals surface area contributed by atoms with Crippen LogP contribution in [0.5, 0.6) is 0 Å². The van der Waals surface area contributed by atoms with Gasteiger partial charge in [0.1, 0.15) is 0 Å². The van der Waals surface area contributed by atoms with Crippen LogP contribution < -0.4 is 5.73 Å². The number of hydrogen-bond donors (Lipinski definition) is 1. The standard InChI is InChI=1S/C13H24N2O/c1-11-5-4-9-15(10-6-11)12(16)13(14)7-2-3-8-13/h11H,2-10,14H2,1H3. The lowest BCUT2D eigenvalue weighted by Crippen LogP contribution is -2.53. The lowest BCUT2D eigenvalue weighted by atomic mass is 9.97. The van der Waals surface area contributed by atoms with Crippen LogP contribution in [-0.4, -0.2) is 29.4 Å². The molecule has 1 saturated heterocycles. The van der Waals surface area contributed by atoms with Crippen molar-refractivity contribution in [3.05, 3.63) is 0 Å². The molecule has 2 N–H and O–H groups in total. The van der Waals surface area contributed by atoms with Crippen LogP contribution in [0.2, 0.25) is 0 Å². The summed E-state index contributed by atoms with van der Waals surface area (Å²) in [6, 6.07) is 0. The van der Waals surface area contributed by atoms with E-state index in [1.165, 1.54) is 6.42 Å². The molecule has 1 atom stereocenters. The van der Waals surface area contributed by atoms with Crippen LogP contribution in [0.15, 0.2) is 0 Å². The zero-order valence-corrected chi connectivity index (χ0v) is 10.4. The second kappa shape index (κ2) is 4.74. The van der Waals surface area contributed by atoms with Gasteiger partial charge < -0.3 is 10.6 Å². The normalized spacial score (nSPS) is 30.1. The maximum atomic E-state index is 12.4. The maximum absolute atomic E-state index is 12.4. The summed E-state index contributed by atoms with van der Waals surface area (Å²) < 4.78 is 0. The molecule has 1 aliphatic carbocycles. The van der Waals surface area contributed by atoms with E-state index < -0.39 is 5.54 Å². The average Bonchev–Trinajstić information content (AvgIpc) is 2.59. The fourth-order valence-corrected chi connectivity index (χ4v) is 3.00. The van der Waals surface area contributed by atoms with Crippen molar-refractivity contribution in [3.8, 4) is 0 Å². The minimum Gasteiger partial charge on any atom is -0.341 e. The molecule has 0 aromatic carbocycles. The summed E-state index contributed by atoms with van der Waals surface area (Å²) >= 11 is 0. The average molecular weight is 224 g/mol. The van der Waals surface area contributed by atoms with Crippen LogP contribution in [0.3, 0.4) is 0 Å². The maximum Gasteiger partial charge on any atom is 0.242 e. The summed E-state index contributed by atoms with van der Waals surface area (Å²) in [5, 5.41) is 0. The molecule has 1 unspecified atom stereocenters. The molecule has 1 aliphatic heterocycles. The van der Waals surface area contributed by atoms with Crippen LogP contribution in [0.1, 0.15) is 51.9 Å².